The van der Waals surface area contributed by atoms with Crippen molar-refractivity contribution in [2.24, 2.45) is 0 Å². The van der Waals surface area contributed by atoms with E-state index in [2.05, 4.69) is 17.4 Å². The number of fused-ring (bicyclic) bond motifs is 1. The van der Waals surface area contributed by atoms with Gasteiger partial charge in [-0.25, -0.2) is 8.42 Å². The maximum absolute atomic E-state index is 12.8. The largest absolute Gasteiger partial charge is 0.345 e. The van der Waals surface area contributed by atoms with Gasteiger partial charge in [-0.2, -0.15) is 4.31 Å². The number of aryl methyl sites for hydroxylation is 1. The third-order valence-corrected chi connectivity index (χ3v) is 7.57. The number of amides is 1. The highest BCUT2D eigenvalue weighted by molar-refractivity contribution is 7.89. The highest BCUT2D eigenvalue weighted by Crippen LogP contribution is 2.29. The molecule has 1 aliphatic rings. The molecule has 5 nitrogen and oxygen atoms in total. The SMILES string of the molecule is CN(Cc1ccc(C(=O)N[C@H]2CCCc3ccccc32)cc1)S(=O)(=O)c1ccccc1. The molecule has 0 aliphatic heterocycles. The highest BCUT2D eigenvalue weighted by atomic mass is 32.2. The van der Waals surface area contributed by atoms with Crippen molar-refractivity contribution in [2.75, 3.05) is 7.05 Å². The predicted octanol–water partition coefficient (Wildman–Crippen LogP) is 4.31. The number of hydrogen-bond donors (Lipinski definition) is 1. The monoisotopic (exact) mass is 434 g/mol. The molecule has 6 heteroatoms. The van der Waals surface area contributed by atoms with E-state index in [1.165, 1.54) is 15.4 Å². The molecule has 3 aromatic rings. The number of carbonyl (C=O) groups excluding carboxylic acids is 1. The van der Waals surface area contributed by atoms with Gasteiger partial charge in [0.1, 0.15) is 0 Å². The highest BCUT2D eigenvalue weighted by Gasteiger charge is 2.23. The maximum Gasteiger partial charge on any atom is 0.251 e. The summed E-state index contributed by atoms with van der Waals surface area (Å²) in [7, 11) is -2.00. The Morgan fingerprint density at radius 2 is 1.65 bits per heavy atom. The standard InChI is InChI=1S/C25H26N2O3S/c1-27(31(29,30)22-10-3-2-4-11-22)18-19-14-16-21(17-15-19)25(28)26-24-13-7-9-20-8-5-6-12-23(20)24/h2-6,8,10-12,14-17,24H,7,9,13,18H2,1H3,(H,26,28)/t24-/m0/s1. The Morgan fingerprint density at radius 3 is 2.39 bits per heavy atom. The summed E-state index contributed by atoms with van der Waals surface area (Å²) in [6.45, 7) is 0.231. The summed E-state index contributed by atoms with van der Waals surface area (Å²) in [5.41, 5.74) is 3.89. The van der Waals surface area contributed by atoms with Crippen molar-refractivity contribution in [1.82, 2.24) is 9.62 Å². The van der Waals surface area contributed by atoms with Gasteiger partial charge in [-0.05, 0) is 60.2 Å². The number of sulfonamides is 1. The van der Waals surface area contributed by atoms with Crippen LogP contribution in [-0.2, 0) is 23.0 Å². The first-order valence-electron chi connectivity index (χ1n) is 10.4. The molecule has 160 valence electrons. The summed E-state index contributed by atoms with van der Waals surface area (Å²) in [5, 5.41) is 3.15. The van der Waals surface area contributed by atoms with Gasteiger partial charge in [0.2, 0.25) is 10.0 Å². The number of carbonyl (C=O) groups is 1. The van der Waals surface area contributed by atoms with Crippen LogP contribution in [0.15, 0.2) is 83.8 Å². The predicted molar refractivity (Wildman–Crippen MR) is 121 cm³/mol. The number of nitrogens with one attached hydrogen (secondary N) is 1. The molecule has 0 saturated carbocycles. The smallest absolute Gasteiger partial charge is 0.251 e. The van der Waals surface area contributed by atoms with Gasteiger partial charge in [0.05, 0.1) is 10.9 Å². The van der Waals surface area contributed by atoms with Crippen LogP contribution in [0.2, 0.25) is 0 Å². The molecule has 0 fully saturated rings. The van der Waals surface area contributed by atoms with Crippen LogP contribution in [0.4, 0.5) is 0 Å². The van der Waals surface area contributed by atoms with Crippen LogP contribution >= 0.6 is 0 Å². The lowest BCUT2D eigenvalue weighted by Crippen LogP contribution is -2.31. The van der Waals surface area contributed by atoms with Crippen LogP contribution in [0.1, 0.15) is 45.9 Å². The van der Waals surface area contributed by atoms with Gasteiger partial charge in [-0.1, -0.05) is 54.6 Å². The van der Waals surface area contributed by atoms with Gasteiger partial charge in [0.15, 0.2) is 0 Å². The van der Waals surface area contributed by atoms with Crippen molar-refractivity contribution in [3.63, 3.8) is 0 Å². The van der Waals surface area contributed by atoms with Gasteiger partial charge in [-0.15, -0.1) is 0 Å². The third kappa shape index (κ3) is 4.70. The minimum absolute atomic E-state index is 0.0271. The first kappa shape index (κ1) is 21.3. The van der Waals surface area contributed by atoms with E-state index in [4.69, 9.17) is 0 Å². The lowest BCUT2D eigenvalue weighted by atomic mass is 9.87. The molecule has 0 saturated heterocycles. The number of nitrogens with zero attached hydrogens (tertiary/aromatic N) is 1. The van der Waals surface area contributed by atoms with Crippen LogP contribution in [0.25, 0.3) is 0 Å². The molecule has 1 aliphatic carbocycles. The normalized spacial score (nSPS) is 16.0. The Bertz CT molecular complexity index is 1160. The summed E-state index contributed by atoms with van der Waals surface area (Å²) in [6, 6.07) is 23.8. The van der Waals surface area contributed by atoms with E-state index in [0.29, 0.717) is 5.56 Å². The van der Waals surface area contributed by atoms with E-state index >= 15 is 0 Å². The van der Waals surface area contributed by atoms with Gasteiger partial charge >= 0.3 is 0 Å². The van der Waals surface area contributed by atoms with Crippen molar-refractivity contribution in [3.05, 3.63) is 101 Å². The Balaban J connectivity index is 1.42. The molecule has 3 aromatic carbocycles. The van der Waals surface area contributed by atoms with E-state index < -0.39 is 10.0 Å². The lowest BCUT2D eigenvalue weighted by Gasteiger charge is -2.26. The first-order chi connectivity index (χ1) is 14.9. The second kappa shape index (κ2) is 9.04. The van der Waals surface area contributed by atoms with Crippen molar-refractivity contribution in [2.45, 2.75) is 36.7 Å². The van der Waals surface area contributed by atoms with Crippen molar-refractivity contribution in [1.29, 1.82) is 0 Å². The molecule has 1 N–H and O–H groups in total. The van der Waals surface area contributed by atoms with Crippen LogP contribution in [-0.4, -0.2) is 25.7 Å². The van der Waals surface area contributed by atoms with Gasteiger partial charge in [-0.3, -0.25) is 4.79 Å². The minimum atomic E-state index is -3.56. The Labute approximate surface area is 183 Å². The van der Waals surface area contributed by atoms with Crippen molar-refractivity contribution < 1.29 is 13.2 Å². The quantitative estimate of drug-likeness (QED) is 0.629. The lowest BCUT2D eigenvalue weighted by molar-refractivity contribution is 0.0932. The molecular formula is C25H26N2O3S. The molecule has 0 spiro atoms. The van der Waals surface area contributed by atoms with E-state index in [1.807, 2.05) is 12.1 Å². The Kier molecular flexibility index (Phi) is 6.20. The van der Waals surface area contributed by atoms with Crippen LogP contribution in [0, 0.1) is 0 Å². The Morgan fingerprint density at radius 1 is 0.968 bits per heavy atom. The fourth-order valence-electron chi connectivity index (χ4n) is 4.02. The van der Waals surface area contributed by atoms with Crippen molar-refractivity contribution >= 4 is 15.9 Å². The summed E-state index contributed by atoms with van der Waals surface area (Å²) in [5.74, 6) is -0.112. The van der Waals surface area contributed by atoms with E-state index in [1.54, 1.807) is 61.6 Å². The second-order valence-corrected chi connectivity index (χ2v) is 9.93. The number of rotatable bonds is 6. The molecule has 1 amide bonds. The maximum atomic E-state index is 12.8. The van der Waals surface area contributed by atoms with E-state index in [-0.39, 0.29) is 23.4 Å². The average Bonchev–Trinajstić information content (AvgIpc) is 2.80. The fourth-order valence-corrected chi connectivity index (χ4v) is 5.20. The summed E-state index contributed by atoms with van der Waals surface area (Å²) >= 11 is 0. The fraction of sp³-hybridized carbons (Fsp3) is 0.240. The summed E-state index contributed by atoms with van der Waals surface area (Å²) in [6.07, 6.45) is 3.04. The summed E-state index contributed by atoms with van der Waals surface area (Å²) in [4.78, 5) is 13.0. The molecule has 0 aromatic heterocycles. The van der Waals surface area contributed by atoms with Crippen molar-refractivity contribution in [3.8, 4) is 0 Å². The second-order valence-electron chi connectivity index (χ2n) is 7.89. The number of benzene rings is 3. The van der Waals surface area contributed by atoms with Crippen LogP contribution in [0.5, 0.6) is 0 Å². The average molecular weight is 435 g/mol. The zero-order valence-corrected chi connectivity index (χ0v) is 18.3. The molecule has 31 heavy (non-hydrogen) atoms. The molecule has 0 bridgehead atoms. The Hall–Kier alpha value is -2.96. The van der Waals surface area contributed by atoms with Gasteiger partial charge in [0, 0.05) is 19.2 Å². The minimum Gasteiger partial charge on any atom is -0.345 e. The van der Waals surface area contributed by atoms with Gasteiger partial charge < -0.3 is 5.32 Å². The molecule has 1 atom stereocenters. The summed E-state index contributed by atoms with van der Waals surface area (Å²) < 4.78 is 26.7. The van der Waals surface area contributed by atoms with E-state index in [9.17, 15) is 13.2 Å². The third-order valence-electron chi connectivity index (χ3n) is 5.75. The van der Waals surface area contributed by atoms with Crippen LogP contribution in [0.3, 0.4) is 0 Å². The molecule has 0 heterocycles. The molecular weight excluding hydrogens is 408 g/mol. The topological polar surface area (TPSA) is 66.5 Å². The van der Waals surface area contributed by atoms with Crippen LogP contribution < -0.4 is 5.32 Å². The molecule has 0 unspecified atom stereocenters. The number of hydrogen-bond acceptors (Lipinski definition) is 3. The van der Waals surface area contributed by atoms with E-state index in [0.717, 1.165) is 24.8 Å². The zero-order chi connectivity index (χ0) is 21.8. The zero-order valence-electron chi connectivity index (χ0n) is 17.5. The molecule has 4 rings (SSSR count). The molecule has 0 radical (unpaired) electrons. The first-order valence-corrected chi connectivity index (χ1v) is 11.9. The van der Waals surface area contributed by atoms with Gasteiger partial charge in [0.25, 0.3) is 5.91 Å².